The van der Waals surface area contributed by atoms with E-state index in [2.05, 4.69) is 38.0 Å². The quantitative estimate of drug-likeness (QED) is 0.840. The molecular formula is C19H18BrN5O. The van der Waals surface area contributed by atoms with Crippen LogP contribution in [0.3, 0.4) is 0 Å². The summed E-state index contributed by atoms with van der Waals surface area (Å²) in [6, 6.07) is 11.7. The van der Waals surface area contributed by atoms with Crippen LogP contribution in [-0.2, 0) is 0 Å². The number of amidine groups is 1. The monoisotopic (exact) mass is 411 g/mol. The predicted octanol–water partition coefficient (Wildman–Crippen LogP) is 3.39. The lowest BCUT2D eigenvalue weighted by Gasteiger charge is -2.33. The third-order valence-corrected chi connectivity index (χ3v) is 4.87. The molecule has 1 unspecified atom stereocenters. The molecule has 0 radical (unpaired) electrons. The Morgan fingerprint density at radius 1 is 1.23 bits per heavy atom. The van der Waals surface area contributed by atoms with Gasteiger partial charge < -0.3 is 5.11 Å². The van der Waals surface area contributed by atoms with E-state index >= 15 is 0 Å². The molecule has 2 aromatic rings. The second kappa shape index (κ2) is 7.09. The molecule has 0 fully saturated rings. The number of aliphatic hydroxyl groups is 1. The van der Waals surface area contributed by atoms with Crippen molar-refractivity contribution < 1.29 is 5.11 Å². The molecule has 0 saturated carbocycles. The van der Waals surface area contributed by atoms with Gasteiger partial charge in [-0.2, -0.15) is 5.10 Å². The zero-order valence-electron chi connectivity index (χ0n) is 14.3. The van der Waals surface area contributed by atoms with E-state index in [1.165, 1.54) is 0 Å². The van der Waals surface area contributed by atoms with Gasteiger partial charge in [-0.15, -0.1) is 5.10 Å². The topological polar surface area (TPSA) is 73.4 Å². The largest absolute Gasteiger partial charge is 0.368 e. The van der Waals surface area contributed by atoms with Gasteiger partial charge in [0.15, 0.2) is 12.1 Å². The molecule has 7 heteroatoms. The van der Waals surface area contributed by atoms with Crippen molar-refractivity contribution in [1.82, 2.24) is 4.98 Å². The van der Waals surface area contributed by atoms with Gasteiger partial charge in [-0.3, -0.25) is 14.9 Å². The zero-order valence-corrected chi connectivity index (χ0v) is 15.9. The fourth-order valence-electron chi connectivity index (χ4n) is 3.19. The Labute approximate surface area is 160 Å². The maximum absolute atomic E-state index is 10.9. The molecule has 26 heavy (non-hydrogen) atoms. The van der Waals surface area contributed by atoms with E-state index < -0.39 is 6.23 Å². The number of hydrogen-bond acceptors (Lipinski definition) is 6. The average molecular weight is 412 g/mol. The second-order valence-corrected chi connectivity index (χ2v) is 7.06. The van der Waals surface area contributed by atoms with Gasteiger partial charge in [0.1, 0.15) is 0 Å². The lowest BCUT2D eigenvalue weighted by molar-refractivity contribution is 0.245. The maximum Gasteiger partial charge on any atom is 0.173 e. The van der Waals surface area contributed by atoms with Crippen molar-refractivity contribution in [2.45, 2.75) is 26.0 Å². The first-order chi connectivity index (χ1) is 12.7. The third kappa shape index (κ3) is 2.97. The molecule has 132 valence electrons. The number of pyridine rings is 1. The fourth-order valence-corrected chi connectivity index (χ4v) is 3.54. The molecule has 0 amide bonds. The second-order valence-electron chi connectivity index (χ2n) is 6.14. The van der Waals surface area contributed by atoms with Crippen LogP contribution in [0, 0.1) is 0 Å². The highest BCUT2D eigenvalue weighted by Crippen LogP contribution is 2.32. The summed E-state index contributed by atoms with van der Waals surface area (Å²) in [6.07, 6.45) is 2.51. The van der Waals surface area contributed by atoms with Gasteiger partial charge >= 0.3 is 0 Å². The lowest BCUT2D eigenvalue weighted by atomic mass is 10.0. The Morgan fingerprint density at radius 2 is 2.12 bits per heavy atom. The first kappa shape index (κ1) is 17.1. The van der Waals surface area contributed by atoms with Crippen LogP contribution in [0.25, 0.3) is 0 Å². The molecule has 3 heterocycles. The van der Waals surface area contributed by atoms with Gasteiger partial charge in [-0.25, -0.2) is 0 Å². The maximum atomic E-state index is 10.9. The van der Waals surface area contributed by atoms with Crippen LogP contribution in [0.5, 0.6) is 0 Å². The summed E-state index contributed by atoms with van der Waals surface area (Å²) >= 11 is 3.54. The smallest absolute Gasteiger partial charge is 0.173 e. The average Bonchev–Trinajstić information content (AvgIpc) is 2.82. The van der Waals surface area contributed by atoms with Crippen molar-refractivity contribution in [3.8, 4) is 0 Å². The van der Waals surface area contributed by atoms with Crippen molar-refractivity contribution in [1.29, 1.82) is 0 Å². The van der Waals surface area contributed by atoms with E-state index in [9.17, 15) is 5.11 Å². The van der Waals surface area contributed by atoms with Gasteiger partial charge in [0.05, 0.1) is 29.3 Å². The molecule has 0 spiro atoms. The Morgan fingerprint density at radius 3 is 2.88 bits per heavy atom. The van der Waals surface area contributed by atoms with E-state index in [1.54, 1.807) is 6.20 Å². The molecule has 1 aromatic heterocycles. The highest BCUT2D eigenvalue weighted by molar-refractivity contribution is 9.10. The van der Waals surface area contributed by atoms with Gasteiger partial charge in [0.25, 0.3) is 0 Å². The molecule has 1 N–H and O–H groups in total. The molecule has 0 aliphatic carbocycles. The molecule has 1 aromatic carbocycles. The van der Waals surface area contributed by atoms with Crippen LogP contribution in [0.4, 0.5) is 5.69 Å². The molecular weight excluding hydrogens is 394 g/mol. The summed E-state index contributed by atoms with van der Waals surface area (Å²) in [7, 11) is 0. The van der Waals surface area contributed by atoms with Crippen molar-refractivity contribution in [3.05, 3.63) is 58.3 Å². The van der Waals surface area contributed by atoms with Gasteiger partial charge in [-0.05, 0) is 36.8 Å². The first-order valence-corrected chi connectivity index (χ1v) is 9.34. The molecule has 2 aliphatic heterocycles. The van der Waals surface area contributed by atoms with Crippen molar-refractivity contribution in [2.75, 3.05) is 11.4 Å². The number of hydrogen-bond donors (Lipinski definition) is 1. The van der Waals surface area contributed by atoms with E-state index in [-0.39, 0.29) is 0 Å². The lowest BCUT2D eigenvalue weighted by Crippen LogP contribution is -2.48. The Bertz CT molecular complexity index is 923. The van der Waals surface area contributed by atoms with Crippen molar-refractivity contribution >= 4 is 38.9 Å². The molecule has 4 rings (SSSR count). The first-order valence-electron chi connectivity index (χ1n) is 8.55. The van der Waals surface area contributed by atoms with E-state index in [0.29, 0.717) is 24.5 Å². The number of halogens is 1. The summed E-state index contributed by atoms with van der Waals surface area (Å²) in [5, 5.41) is 19.5. The van der Waals surface area contributed by atoms with Gasteiger partial charge in [0, 0.05) is 16.2 Å². The predicted molar refractivity (Wildman–Crippen MR) is 107 cm³/mol. The standard InChI is InChI=1S/C19H18BrN5O/c1-2-5-15-19(26)25-16-10-12(20)7-8-13(16)18(14-6-3-4-9-21-14)22-11-17(25)24-23-15/h3-4,6-10,19,26H,2,5,11H2,1H3. The summed E-state index contributed by atoms with van der Waals surface area (Å²) in [5.41, 5.74) is 4.00. The van der Waals surface area contributed by atoms with E-state index in [4.69, 9.17) is 4.99 Å². The van der Waals surface area contributed by atoms with Crippen LogP contribution >= 0.6 is 15.9 Å². The fraction of sp³-hybridized carbons (Fsp3) is 0.263. The van der Waals surface area contributed by atoms with Gasteiger partial charge in [-0.1, -0.05) is 35.3 Å². The minimum absolute atomic E-state index is 0.332. The number of aliphatic imine (C=N–C) groups is 1. The van der Waals surface area contributed by atoms with E-state index in [0.717, 1.165) is 33.5 Å². The number of nitrogens with zero attached hydrogens (tertiary/aromatic N) is 5. The number of anilines is 1. The van der Waals surface area contributed by atoms with Crippen molar-refractivity contribution in [3.63, 3.8) is 0 Å². The highest BCUT2D eigenvalue weighted by atomic mass is 79.9. The number of benzene rings is 1. The minimum Gasteiger partial charge on any atom is -0.368 e. The normalized spacial score (nSPS) is 19.0. The SMILES string of the molecule is CCCC1=NN=C2CN=C(c3ccccn3)c3ccc(Br)cc3N2C1O. The Balaban J connectivity index is 1.88. The summed E-state index contributed by atoms with van der Waals surface area (Å²) < 4.78 is 0.921. The van der Waals surface area contributed by atoms with Crippen LogP contribution in [-0.4, -0.2) is 40.1 Å². The van der Waals surface area contributed by atoms with Crippen LogP contribution in [0.2, 0.25) is 0 Å². The Hall–Kier alpha value is -2.38. The molecule has 6 nitrogen and oxygen atoms in total. The summed E-state index contributed by atoms with van der Waals surface area (Å²) in [4.78, 5) is 11.0. The molecule has 1 atom stereocenters. The zero-order chi connectivity index (χ0) is 18.1. The number of aliphatic hydroxyl groups excluding tert-OH is 1. The van der Waals surface area contributed by atoms with E-state index in [1.807, 2.05) is 41.3 Å². The third-order valence-electron chi connectivity index (χ3n) is 4.38. The molecule has 0 bridgehead atoms. The number of fused-ring (bicyclic) bond motifs is 3. The Kier molecular flexibility index (Phi) is 4.65. The minimum atomic E-state index is -0.839. The van der Waals surface area contributed by atoms with Crippen LogP contribution in [0.15, 0.2) is 62.3 Å². The molecule has 2 aliphatic rings. The number of aromatic nitrogens is 1. The van der Waals surface area contributed by atoms with Crippen molar-refractivity contribution in [2.24, 2.45) is 15.2 Å². The van der Waals surface area contributed by atoms with Crippen LogP contribution in [0.1, 0.15) is 31.0 Å². The van der Waals surface area contributed by atoms with Crippen LogP contribution < -0.4 is 4.90 Å². The van der Waals surface area contributed by atoms with Gasteiger partial charge in [0.2, 0.25) is 0 Å². The summed E-state index contributed by atoms with van der Waals surface area (Å²) in [5.74, 6) is 0.627. The molecule has 0 saturated heterocycles. The highest BCUT2D eigenvalue weighted by Gasteiger charge is 2.33. The number of rotatable bonds is 3. The summed E-state index contributed by atoms with van der Waals surface area (Å²) in [6.45, 7) is 2.39.